The van der Waals surface area contributed by atoms with Crippen LogP contribution in [0.15, 0.2) is 48.7 Å². The van der Waals surface area contributed by atoms with Gasteiger partial charge in [-0.05, 0) is 118 Å². The summed E-state index contributed by atoms with van der Waals surface area (Å²) in [5.41, 5.74) is 6.07. The number of anilines is 5. The van der Waals surface area contributed by atoms with E-state index in [0.29, 0.717) is 5.95 Å². The summed E-state index contributed by atoms with van der Waals surface area (Å²) in [5, 5.41) is 13.5. The Morgan fingerprint density at radius 3 is 2.49 bits per heavy atom. The average molecular weight is 495 g/mol. The quantitative estimate of drug-likeness (QED) is 0.328. The van der Waals surface area contributed by atoms with Gasteiger partial charge in [-0.1, -0.05) is 12.1 Å². The second-order valence-electron chi connectivity index (χ2n) is 11.8. The summed E-state index contributed by atoms with van der Waals surface area (Å²) in [6.45, 7) is 2.00. The standard InChI is InChI=1S/C30H34N6O/c1-18-17-31-28-33-24-4-2-3-19(12-24)5-6-23-13-25(32-27(18)35-28)7-8-26(23)34-29(37)36-30-14-20-9-21(15-30)11-22(10-20)16-30/h2-4,7-8,12-13,17,20-22H,5-6,9-11,14-16H2,1H3,(H2,34,36,37)(H2,31,32,33,35). The van der Waals surface area contributed by atoms with Crippen LogP contribution >= 0.6 is 0 Å². The van der Waals surface area contributed by atoms with Crippen LogP contribution in [0.2, 0.25) is 0 Å². The highest BCUT2D eigenvalue weighted by Gasteiger charge is 2.51. The molecule has 5 aliphatic rings. The van der Waals surface area contributed by atoms with Gasteiger partial charge in [0, 0.05) is 34.4 Å². The number of nitrogens with zero attached hydrogens (tertiary/aromatic N) is 2. The molecule has 4 N–H and O–H groups in total. The Morgan fingerprint density at radius 1 is 0.946 bits per heavy atom. The number of amides is 2. The summed E-state index contributed by atoms with van der Waals surface area (Å²) in [7, 11) is 0. The predicted molar refractivity (Wildman–Crippen MR) is 147 cm³/mol. The largest absolute Gasteiger partial charge is 0.340 e. The smallest absolute Gasteiger partial charge is 0.319 e. The normalized spacial score (nSPS) is 27.1. The number of hydrogen-bond donors (Lipinski definition) is 4. The van der Waals surface area contributed by atoms with E-state index in [9.17, 15) is 4.79 Å². The predicted octanol–water partition coefficient (Wildman–Crippen LogP) is 6.46. The number of hydrogen-bond acceptors (Lipinski definition) is 5. The fraction of sp³-hybridized carbons (Fsp3) is 0.433. The molecule has 37 heavy (non-hydrogen) atoms. The topological polar surface area (TPSA) is 91.0 Å². The van der Waals surface area contributed by atoms with Crippen molar-refractivity contribution in [3.63, 3.8) is 0 Å². The minimum absolute atomic E-state index is 0.00850. The first kappa shape index (κ1) is 22.6. The monoisotopic (exact) mass is 494 g/mol. The van der Waals surface area contributed by atoms with Gasteiger partial charge in [-0.2, -0.15) is 4.98 Å². The van der Waals surface area contributed by atoms with Crippen LogP contribution in [0.5, 0.6) is 0 Å². The summed E-state index contributed by atoms with van der Waals surface area (Å²) in [6, 6.07) is 14.5. The molecule has 0 radical (unpaired) electrons. The SMILES string of the molecule is Cc1cnc2nc1Nc1ccc(NC(=O)NC34CC5CC(CC(C5)C3)C4)c(c1)CCc1cccc(c1)N2. The van der Waals surface area contributed by atoms with Crippen molar-refractivity contribution in [1.29, 1.82) is 0 Å². The molecule has 10 bridgehead atoms. The number of fused-ring (bicyclic) bond motifs is 6. The molecule has 4 saturated carbocycles. The van der Waals surface area contributed by atoms with Crippen LogP contribution in [0.4, 0.5) is 33.6 Å². The summed E-state index contributed by atoms with van der Waals surface area (Å²) >= 11 is 0. The van der Waals surface area contributed by atoms with E-state index in [-0.39, 0.29) is 11.6 Å². The van der Waals surface area contributed by atoms with E-state index < -0.39 is 0 Å². The molecular weight excluding hydrogens is 460 g/mol. The number of aryl methyl sites for hydroxylation is 3. The molecule has 0 unspecified atom stereocenters. The van der Waals surface area contributed by atoms with E-state index in [2.05, 4.69) is 50.5 Å². The minimum Gasteiger partial charge on any atom is -0.340 e. The Bertz CT molecular complexity index is 1330. The highest BCUT2D eigenvalue weighted by atomic mass is 16.2. The molecule has 1 aliphatic heterocycles. The van der Waals surface area contributed by atoms with Crippen molar-refractivity contribution >= 4 is 34.9 Å². The van der Waals surface area contributed by atoms with Crippen molar-refractivity contribution in [1.82, 2.24) is 15.3 Å². The molecule has 190 valence electrons. The number of urea groups is 1. The third kappa shape index (κ3) is 4.52. The van der Waals surface area contributed by atoms with Crippen LogP contribution in [-0.2, 0) is 12.8 Å². The average Bonchev–Trinajstić information content (AvgIpc) is 2.85. The van der Waals surface area contributed by atoms with Gasteiger partial charge in [0.1, 0.15) is 5.82 Å². The number of nitrogens with one attached hydrogen (secondary N) is 4. The minimum atomic E-state index is -0.0655. The highest BCUT2D eigenvalue weighted by Crippen LogP contribution is 2.55. The van der Waals surface area contributed by atoms with Crippen LogP contribution < -0.4 is 21.3 Å². The zero-order valence-corrected chi connectivity index (χ0v) is 21.3. The molecule has 0 saturated heterocycles. The molecule has 4 aliphatic carbocycles. The molecule has 2 amide bonds. The molecule has 4 fully saturated rings. The lowest BCUT2D eigenvalue weighted by atomic mass is 9.53. The maximum Gasteiger partial charge on any atom is 0.319 e. The Balaban J connectivity index is 1.16. The molecule has 7 heteroatoms. The number of carbonyl (C=O) groups is 1. The first-order valence-electron chi connectivity index (χ1n) is 13.7. The van der Waals surface area contributed by atoms with Crippen LogP contribution in [-0.4, -0.2) is 21.5 Å². The van der Waals surface area contributed by atoms with E-state index in [0.717, 1.165) is 83.9 Å². The Hall–Kier alpha value is -3.61. The van der Waals surface area contributed by atoms with Gasteiger partial charge in [-0.3, -0.25) is 0 Å². The van der Waals surface area contributed by atoms with E-state index in [1.807, 2.05) is 31.3 Å². The second-order valence-corrected chi connectivity index (χ2v) is 11.8. The molecule has 0 atom stereocenters. The fourth-order valence-electron chi connectivity index (χ4n) is 7.64. The van der Waals surface area contributed by atoms with Crippen molar-refractivity contribution in [2.24, 2.45) is 17.8 Å². The van der Waals surface area contributed by atoms with Gasteiger partial charge < -0.3 is 21.3 Å². The molecule has 2 heterocycles. The maximum atomic E-state index is 13.3. The van der Waals surface area contributed by atoms with Crippen molar-refractivity contribution in [3.05, 3.63) is 65.4 Å². The number of carbonyl (C=O) groups excluding carboxylic acids is 1. The van der Waals surface area contributed by atoms with E-state index >= 15 is 0 Å². The Kier molecular flexibility index (Phi) is 5.34. The van der Waals surface area contributed by atoms with Crippen molar-refractivity contribution in [3.8, 4) is 0 Å². The van der Waals surface area contributed by atoms with Gasteiger partial charge in [0.15, 0.2) is 0 Å². The third-order valence-corrected chi connectivity index (χ3v) is 8.87. The molecule has 0 spiro atoms. The number of aromatic nitrogens is 2. The van der Waals surface area contributed by atoms with Gasteiger partial charge in [-0.15, -0.1) is 0 Å². The maximum absolute atomic E-state index is 13.3. The van der Waals surface area contributed by atoms with Crippen LogP contribution in [0.25, 0.3) is 0 Å². The second kappa shape index (κ2) is 8.75. The van der Waals surface area contributed by atoms with Crippen LogP contribution in [0.3, 0.4) is 0 Å². The lowest BCUT2D eigenvalue weighted by Crippen LogP contribution is -2.60. The highest BCUT2D eigenvalue weighted by molar-refractivity contribution is 5.91. The first-order chi connectivity index (χ1) is 18.0. The van der Waals surface area contributed by atoms with Crippen molar-refractivity contribution in [2.75, 3.05) is 16.0 Å². The van der Waals surface area contributed by atoms with Crippen molar-refractivity contribution in [2.45, 2.75) is 63.8 Å². The zero-order chi connectivity index (χ0) is 25.0. The van der Waals surface area contributed by atoms with Crippen LogP contribution in [0.1, 0.15) is 55.2 Å². The number of rotatable bonds is 2. The van der Waals surface area contributed by atoms with Gasteiger partial charge in [0.05, 0.1) is 0 Å². The molecule has 3 aromatic rings. The van der Waals surface area contributed by atoms with E-state index in [1.165, 1.54) is 24.8 Å². The number of benzene rings is 2. The van der Waals surface area contributed by atoms with E-state index in [1.54, 1.807) is 0 Å². The fourth-order valence-corrected chi connectivity index (χ4v) is 7.64. The lowest BCUT2D eigenvalue weighted by molar-refractivity contribution is -0.0127. The molecular formula is C30H34N6O. The van der Waals surface area contributed by atoms with Gasteiger partial charge in [-0.25, -0.2) is 9.78 Å². The third-order valence-electron chi connectivity index (χ3n) is 8.87. The Morgan fingerprint density at radius 2 is 1.70 bits per heavy atom. The molecule has 7 nitrogen and oxygen atoms in total. The lowest BCUT2D eigenvalue weighted by Gasteiger charge is -2.56. The van der Waals surface area contributed by atoms with Gasteiger partial charge in [0.2, 0.25) is 5.95 Å². The Labute approximate surface area is 217 Å². The van der Waals surface area contributed by atoms with Gasteiger partial charge >= 0.3 is 6.03 Å². The van der Waals surface area contributed by atoms with Crippen LogP contribution in [0, 0.1) is 24.7 Å². The molecule has 2 aromatic carbocycles. The summed E-state index contributed by atoms with van der Waals surface area (Å²) in [5.74, 6) is 3.71. The van der Waals surface area contributed by atoms with E-state index in [4.69, 9.17) is 4.98 Å². The summed E-state index contributed by atoms with van der Waals surface area (Å²) in [4.78, 5) is 22.5. The summed E-state index contributed by atoms with van der Waals surface area (Å²) in [6.07, 6.45) is 11.0. The zero-order valence-electron chi connectivity index (χ0n) is 21.3. The molecule has 8 rings (SSSR count). The molecule has 1 aromatic heterocycles. The summed E-state index contributed by atoms with van der Waals surface area (Å²) < 4.78 is 0. The van der Waals surface area contributed by atoms with Crippen molar-refractivity contribution < 1.29 is 4.79 Å². The van der Waals surface area contributed by atoms with Gasteiger partial charge in [0.25, 0.3) is 0 Å². The first-order valence-corrected chi connectivity index (χ1v) is 13.7.